The number of unbranched alkanes of at least 4 members (excludes halogenated alkanes) is 2. The summed E-state index contributed by atoms with van der Waals surface area (Å²) < 4.78 is 0. The van der Waals surface area contributed by atoms with Gasteiger partial charge in [-0.3, -0.25) is 9.59 Å². The topological polar surface area (TPSA) is 57.6 Å². The van der Waals surface area contributed by atoms with Crippen molar-refractivity contribution in [3.8, 4) is 0 Å². The Morgan fingerprint density at radius 3 is 2.59 bits per heavy atom. The van der Waals surface area contributed by atoms with Gasteiger partial charge in [0.15, 0.2) is 0 Å². The number of hydrogen-bond donors (Lipinski definition) is 1. The molecule has 1 N–H and O–H groups in total. The van der Waals surface area contributed by atoms with Crippen molar-refractivity contribution in [3.05, 3.63) is 61.8 Å². The lowest BCUT2D eigenvalue weighted by molar-refractivity contribution is -0.139. The molecule has 1 saturated heterocycles. The Balaban J connectivity index is 2.09. The Hall–Kier alpha value is -1.82. The van der Waals surface area contributed by atoms with Crippen LogP contribution in [0.1, 0.15) is 42.7 Å². The van der Waals surface area contributed by atoms with Crippen molar-refractivity contribution in [1.82, 2.24) is 4.90 Å². The molecule has 2 aromatic rings. The van der Waals surface area contributed by atoms with Gasteiger partial charge in [-0.15, -0.1) is 11.3 Å². The van der Waals surface area contributed by atoms with Gasteiger partial charge in [0.05, 0.1) is 21.7 Å². The Labute approximate surface area is 172 Å². The molecule has 1 aromatic carbocycles. The predicted octanol–water partition coefficient (Wildman–Crippen LogP) is 5.67. The number of ketones is 1. The van der Waals surface area contributed by atoms with E-state index in [-0.39, 0.29) is 16.4 Å². The lowest BCUT2D eigenvalue weighted by atomic mass is 10.00. The number of halogens is 2. The van der Waals surface area contributed by atoms with Crippen molar-refractivity contribution >= 4 is 52.0 Å². The summed E-state index contributed by atoms with van der Waals surface area (Å²) in [6, 6.07) is 7.78. The molecule has 0 saturated carbocycles. The summed E-state index contributed by atoms with van der Waals surface area (Å²) in [5, 5.41) is 13.4. The Morgan fingerprint density at radius 2 is 1.96 bits per heavy atom. The maximum absolute atomic E-state index is 12.8. The first-order chi connectivity index (χ1) is 13.0. The third-order valence-corrected chi connectivity index (χ3v) is 6.21. The number of likely N-dealkylation sites (tertiary alicyclic amines) is 1. The second-order valence-corrected chi connectivity index (χ2v) is 8.14. The number of Topliss-reactive ketones (excluding diaryl/α,β-unsaturated/α-hetero) is 1. The highest BCUT2D eigenvalue weighted by molar-refractivity contribution is 7.10. The first kappa shape index (κ1) is 19.9. The smallest absolute Gasteiger partial charge is 0.295 e. The molecule has 1 fully saturated rings. The second kappa shape index (κ2) is 8.46. The summed E-state index contributed by atoms with van der Waals surface area (Å²) >= 11 is 13.4. The summed E-state index contributed by atoms with van der Waals surface area (Å²) in [5.74, 6) is -1.48. The van der Waals surface area contributed by atoms with Gasteiger partial charge in [-0.05, 0) is 36.1 Å². The summed E-state index contributed by atoms with van der Waals surface area (Å²) in [6.45, 7) is 2.55. The van der Waals surface area contributed by atoms with Crippen molar-refractivity contribution < 1.29 is 14.7 Å². The van der Waals surface area contributed by atoms with E-state index in [1.54, 1.807) is 17.0 Å². The monoisotopic (exact) mass is 423 g/mol. The van der Waals surface area contributed by atoms with Crippen LogP contribution in [0.4, 0.5) is 0 Å². The third-order valence-electron chi connectivity index (χ3n) is 4.55. The first-order valence-corrected chi connectivity index (χ1v) is 10.4. The van der Waals surface area contributed by atoms with Gasteiger partial charge in [-0.2, -0.15) is 0 Å². The summed E-state index contributed by atoms with van der Waals surface area (Å²) in [7, 11) is 0. The van der Waals surface area contributed by atoms with Crippen molar-refractivity contribution in [2.24, 2.45) is 0 Å². The largest absolute Gasteiger partial charge is 0.507 e. The minimum absolute atomic E-state index is 0.0948. The second-order valence-electron chi connectivity index (χ2n) is 6.34. The molecule has 1 unspecified atom stereocenters. The summed E-state index contributed by atoms with van der Waals surface area (Å²) in [5.41, 5.74) is 0.454. The fourth-order valence-electron chi connectivity index (χ4n) is 3.18. The molecule has 7 heteroatoms. The lowest BCUT2D eigenvalue weighted by Crippen LogP contribution is -2.30. The van der Waals surface area contributed by atoms with Gasteiger partial charge < -0.3 is 10.0 Å². The normalized spacial score (nSPS) is 19.1. The molecule has 1 atom stereocenters. The van der Waals surface area contributed by atoms with E-state index in [4.69, 9.17) is 23.2 Å². The van der Waals surface area contributed by atoms with Crippen LogP contribution in [0.15, 0.2) is 41.3 Å². The highest BCUT2D eigenvalue weighted by Crippen LogP contribution is 2.41. The maximum atomic E-state index is 12.8. The van der Waals surface area contributed by atoms with Crippen LogP contribution in [0.2, 0.25) is 10.0 Å². The molecule has 2 heterocycles. The predicted molar refractivity (Wildman–Crippen MR) is 109 cm³/mol. The Morgan fingerprint density at radius 1 is 1.19 bits per heavy atom. The van der Waals surface area contributed by atoms with Gasteiger partial charge in [0, 0.05) is 17.0 Å². The van der Waals surface area contributed by atoms with Gasteiger partial charge in [-0.25, -0.2) is 0 Å². The number of nitrogens with zero attached hydrogens (tertiary/aromatic N) is 1. The number of aliphatic hydroxyl groups is 1. The van der Waals surface area contributed by atoms with E-state index in [1.807, 2.05) is 17.5 Å². The minimum atomic E-state index is -0.673. The molecule has 3 rings (SSSR count). The van der Waals surface area contributed by atoms with Crippen molar-refractivity contribution in [1.29, 1.82) is 0 Å². The zero-order valence-corrected chi connectivity index (χ0v) is 17.1. The number of carbonyl (C=O) groups excluding carboxylic acids is 2. The molecular weight excluding hydrogens is 405 g/mol. The minimum Gasteiger partial charge on any atom is -0.507 e. The third kappa shape index (κ3) is 3.91. The number of aliphatic hydroxyl groups excluding tert-OH is 1. The molecule has 1 aromatic heterocycles. The zero-order chi connectivity index (χ0) is 19.6. The highest BCUT2D eigenvalue weighted by Gasteiger charge is 2.46. The molecule has 27 heavy (non-hydrogen) atoms. The van der Waals surface area contributed by atoms with Gasteiger partial charge in [-0.1, -0.05) is 49.0 Å². The van der Waals surface area contributed by atoms with E-state index in [0.29, 0.717) is 17.1 Å². The SMILES string of the molecule is CCCCCN1C(=O)C(=O)/C(=C(\O)c2ccc(Cl)c(Cl)c2)C1c1cccs1. The van der Waals surface area contributed by atoms with E-state index < -0.39 is 17.7 Å². The van der Waals surface area contributed by atoms with E-state index in [2.05, 4.69) is 6.92 Å². The molecule has 1 aliphatic heterocycles. The molecule has 0 aliphatic carbocycles. The fourth-order valence-corrected chi connectivity index (χ4v) is 4.33. The van der Waals surface area contributed by atoms with E-state index in [9.17, 15) is 14.7 Å². The van der Waals surface area contributed by atoms with Crippen LogP contribution >= 0.6 is 34.5 Å². The molecule has 0 bridgehead atoms. The standard InChI is InChI=1S/C20H19Cl2NO3S/c1-2-3-4-9-23-17(15-6-5-10-27-15)16(19(25)20(23)26)18(24)12-7-8-13(21)14(22)11-12/h5-8,10-11,17,24H,2-4,9H2,1H3/b18-16-. The molecular formula is C20H19Cl2NO3S. The van der Waals surface area contributed by atoms with Crippen LogP contribution in [-0.2, 0) is 9.59 Å². The number of thiophene rings is 1. The van der Waals surface area contributed by atoms with Crippen LogP contribution in [0.3, 0.4) is 0 Å². The Kier molecular flexibility index (Phi) is 6.25. The van der Waals surface area contributed by atoms with Gasteiger partial charge >= 0.3 is 0 Å². The number of carbonyl (C=O) groups is 2. The zero-order valence-electron chi connectivity index (χ0n) is 14.7. The molecule has 0 spiro atoms. The van der Waals surface area contributed by atoms with Gasteiger partial charge in [0.2, 0.25) is 0 Å². The molecule has 142 valence electrons. The van der Waals surface area contributed by atoms with Crippen LogP contribution in [0.5, 0.6) is 0 Å². The lowest BCUT2D eigenvalue weighted by Gasteiger charge is -2.24. The summed E-state index contributed by atoms with van der Waals surface area (Å²) in [4.78, 5) is 27.8. The van der Waals surface area contributed by atoms with Gasteiger partial charge in [0.1, 0.15) is 5.76 Å². The van der Waals surface area contributed by atoms with Crippen LogP contribution in [0, 0.1) is 0 Å². The number of hydrogen-bond acceptors (Lipinski definition) is 4. The molecule has 0 radical (unpaired) electrons. The maximum Gasteiger partial charge on any atom is 0.295 e. The van der Waals surface area contributed by atoms with Crippen LogP contribution < -0.4 is 0 Å². The molecule has 4 nitrogen and oxygen atoms in total. The number of amides is 1. The molecule has 1 aliphatic rings. The van der Waals surface area contributed by atoms with Gasteiger partial charge in [0.25, 0.3) is 11.7 Å². The van der Waals surface area contributed by atoms with Crippen LogP contribution in [0.25, 0.3) is 5.76 Å². The van der Waals surface area contributed by atoms with Crippen molar-refractivity contribution in [3.63, 3.8) is 0 Å². The van der Waals surface area contributed by atoms with E-state index in [0.717, 1.165) is 24.1 Å². The Bertz CT molecular complexity index is 893. The van der Waals surface area contributed by atoms with E-state index >= 15 is 0 Å². The summed E-state index contributed by atoms with van der Waals surface area (Å²) in [6.07, 6.45) is 2.78. The van der Waals surface area contributed by atoms with Crippen molar-refractivity contribution in [2.75, 3.05) is 6.54 Å². The number of rotatable bonds is 6. The first-order valence-electron chi connectivity index (χ1n) is 8.73. The van der Waals surface area contributed by atoms with E-state index in [1.165, 1.54) is 17.4 Å². The average Bonchev–Trinajstić information content (AvgIpc) is 3.26. The average molecular weight is 424 g/mol. The quantitative estimate of drug-likeness (QED) is 0.282. The molecule has 1 amide bonds. The number of benzene rings is 1. The fraction of sp³-hybridized carbons (Fsp3) is 0.300. The van der Waals surface area contributed by atoms with Crippen molar-refractivity contribution in [2.45, 2.75) is 32.2 Å². The highest BCUT2D eigenvalue weighted by atomic mass is 35.5. The van der Waals surface area contributed by atoms with Crippen LogP contribution in [-0.4, -0.2) is 28.2 Å².